The normalized spacial score (nSPS) is 18.9. The molecule has 0 radical (unpaired) electrons. The Hall–Kier alpha value is -1.67. The maximum atomic E-state index is 12.0. The molecule has 1 aromatic rings. The predicted molar refractivity (Wildman–Crippen MR) is 72.9 cm³/mol. The molecule has 1 aliphatic heterocycles. The molecule has 2 N–H and O–H groups in total. The topological polar surface area (TPSA) is 91.8 Å². The summed E-state index contributed by atoms with van der Waals surface area (Å²) in [6.45, 7) is 3.97. The molecule has 1 unspecified atom stereocenters. The lowest BCUT2D eigenvalue weighted by Gasteiger charge is -2.32. The average Bonchev–Trinajstić information content (AvgIpc) is 2.94. The number of ether oxygens (including phenoxy) is 1. The third-order valence-corrected chi connectivity index (χ3v) is 3.89. The SMILES string of the molecule is CCC1CN(C(=O)NCc2nc(C(=O)O)cs2)CCO1. The molecule has 110 valence electrons. The van der Waals surface area contributed by atoms with Crippen LogP contribution in [-0.2, 0) is 11.3 Å². The van der Waals surface area contributed by atoms with Gasteiger partial charge in [0.25, 0.3) is 0 Å². The number of thiazole rings is 1. The standard InChI is InChI=1S/C12H17N3O4S/c1-2-8-6-15(3-4-19-8)12(18)13-5-10-14-9(7-20-10)11(16)17/h7-8H,2-6H2,1H3,(H,13,18)(H,16,17). The highest BCUT2D eigenvalue weighted by molar-refractivity contribution is 7.09. The van der Waals surface area contributed by atoms with Gasteiger partial charge in [0.2, 0.25) is 0 Å². The van der Waals surface area contributed by atoms with E-state index in [1.54, 1.807) is 4.90 Å². The zero-order chi connectivity index (χ0) is 14.5. The molecule has 20 heavy (non-hydrogen) atoms. The van der Waals surface area contributed by atoms with Crippen molar-refractivity contribution in [3.05, 3.63) is 16.1 Å². The molecule has 0 bridgehead atoms. The Balaban J connectivity index is 1.83. The third-order valence-electron chi connectivity index (χ3n) is 3.04. The molecule has 7 nitrogen and oxygen atoms in total. The van der Waals surface area contributed by atoms with Crippen molar-refractivity contribution in [2.45, 2.75) is 26.0 Å². The quantitative estimate of drug-likeness (QED) is 0.870. The fourth-order valence-corrected chi connectivity index (χ4v) is 2.61. The number of nitrogens with zero attached hydrogens (tertiary/aromatic N) is 2. The van der Waals surface area contributed by atoms with E-state index in [2.05, 4.69) is 10.3 Å². The Bertz CT molecular complexity index is 491. The summed E-state index contributed by atoms with van der Waals surface area (Å²) in [4.78, 5) is 28.3. The summed E-state index contributed by atoms with van der Waals surface area (Å²) in [6.07, 6.45) is 0.964. The van der Waals surface area contributed by atoms with Crippen LogP contribution in [0.3, 0.4) is 0 Å². The van der Waals surface area contributed by atoms with E-state index in [0.29, 0.717) is 24.7 Å². The van der Waals surface area contributed by atoms with E-state index in [0.717, 1.165) is 6.42 Å². The summed E-state index contributed by atoms with van der Waals surface area (Å²) in [6, 6.07) is -0.168. The van der Waals surface area contributed by atoms with E-state index in [-0.39, 0.29) is 24.4 Å². The van der Waals surface area contributed by atoms with Gasteiger partial charge in [-0.05, 0) is 6.42 Å². The van der Waals surface area contributed by atoms with Crippen LogP contribution in [0.5, 0.6) is 0 Å². The minimum Gasteiger partial charge on any atom is -0.476 e. The molecular formula is C12H17N3O4S. The number of carbonyl (C=O) groups is 2. The van der Waals surface area contributed by atoms with Gasteiger partial charge >= 0.3 is 12.0 Å². The summed E-state index contributed by atoms with van der Waals surface area (Å²) in [5.41, 5.74) is 0.0108. The maximum absolute atomic E-state index is 12.0. The smallest absolute Gasteiger partial charge is 0.355 e. The molecule has 0 spiro atoms. The van der Waals surface area contributed by atoms with Crippen LogP contribution in [0.25, 0.3) is 0 Å². The van der Waals surface area contributed by atoms with Crippen LogP contribution < -0.4 is 5.32 Å². The van der Waals surface area contributed by atoms with Crippen molar-refractivity contribution in [2.24, 2.45) is 0 Å². The molecule has 1 fully saturated rings. The lowest BCUT2D eigenvalue weighted by Crippen LogP contribution is -2.49. The maximum Gasteiger partial charge on any atom is 0.355 e. The first kappa shape index (κ1) is 14.7. The summed E-state index contributed by atoms with van der Waals surface area (Å²) in [7, 11) is 0. The van der Waals surface area contributed by atoms with Gasteiger partial charge in [0.05, 0.1) is 19.3 Å². The number of rotatable bonds is 4. The number of carbonyl (C=O) groups excluding carboxylic acids is 1. The minimum atomic E-state index is -1.06. The van der Waals surface area contributed by atoms with E-state index < -0.39 is 5.97 Å². The van der Waals surface area contributed by atoms with Crippen molar-refractivity contribution >= 4 is 23.3 Å². The molecular weight excluding hydrogens is 282 g/mol. The second-order valence-electron chi connectivity index (χ2n) is 4.44. The fourth-order valence-electron chi connectivity index (χ4n) is 1.90. The first-order chi connectivity index (χ1) is 9.60. The number of hydrogen-bond donors (Lipinski definition) is 2. The van der Waals surface area contributed by atoms with Crippen LogP contribution in [0.1, 0.15) is 28.8 Å². The first-order valence-corrected chi connectivity index (χ1v) is 7.30. The average molecular weight is 299 g/mol. The Morgan fingerprint density at radius 1 is 1.65 bits per heavy atom. The second kappa shape index (κ2) is 6.67. The van der Waals surface area contributed by atoms with Crippen molar-refractivity contribution in [3.8, 4) is 0 Å². The molecule has 0 aromatic carbocycles. The van der Waals surface area contributed by atoms with Crippen LogP contribution in [0.2, 0.25) is 0 Å². The van der Waals surface area contributed by atoms with Gasteiger partial charge in [0.15, 0.2) is 5.69 Å². The van der Waals surface area contributed by atoms with Gasteiger partial charge in [0, 0.05) is 18.5 Å². The third kappa shape index (κ3) is 3.67. The summed E-state index contributed by atoms with van der Waals surface area (Å²) in [5.74, 6) is -1.06. The molecule has 2 rings (SSSR count). The molecule has 2 amide bonds. The van der Waals surface area contributed by atoms with Crippen LogP contribution in [0.15, 0.2) is 5.38 Å². The number of morpholine rings is 1. The lowest BCUT2D eigenvalue weighted by molar-refractivity contribution is -0.0154. The largest absolute Gasteiger partial charge is 0.476 e. The molecule has 1 aliphatic rings. The van der Waals surface area contributed by atoms with E-state index in [9.17, 15) is 9.59 Å². The zero-order valence-electron chi connectivity index (χ0n) is 11.2. The van der Waals surface area contributed by atoms with E-state index in [1.807, 2.05) is 6.92 Å². The molecule has 0 saturated carbocycles. The number of aromatic nitrogens is 1. The van der Waals surface area contributed by atoms with Crippen molar-refractivity contribution in [3.63, 3.8) is 0 Å². The number of hydrogen-bond acceptors (Lipinski definition) is 5. The van der Waals surface area contributed by atoms with Crippen LogP contribution in [0.4, 0.5) is 4.79 Å². The molecule has 1 aromatic heterocycles. The van der Waals surface area contributed by atoms with Gasteiger partial charge in [0.1, 0.15) is 5.01 Å². The van der Waals surface area contributed by atoms with Gasteiger partial charge < -0.3 is 20.1 Å². The van der Waals surface area contributed by atoms with E-state index >= 15 is 0 Å². The highest BCUT2D eigenvalue weighted by Gasteiger charge is 2.23. The second-order valence-corrected chi connectivity index (χ2v) is 5.38. The van der Waals surface area contributed by atoms with Crippen molar-refractivity contribution < 1.29 is 19.4 Å². The van der Waals surface area contributed by atoms with Crippen LogP contribution in [-0.4, -0.2) is 52.8 Å². The highest BCUT2D eigenvalue weighted by atomic mass is 32.1. The Morgan fingerprint density at radius 3 is 3.10 bits per heavy atom. The fraction of sp³-hybridized carbons (Fsp3) is 0.583. The van der Waals surface area contributed by atoms with Gasteiger partial charge in [-0.1, -0.05) is 6.92 Å². The van der Waals surface area contributed by atoms with Gasteiger partial charge in [-0.25, -0.2) is 14.6 Å². The Labute approximate surface area is 120 Å². The number of aromatic carboxylic acids is 1. The summed E-state index contributed by atoms with van der Waals surface area (Å²) < 4.78 is 5.50. The summed E-state index contributed by atoms with van der Waals surface area (Å²) in [5, 5.41) is 13.6. The zero-order valence-corrected chi connectivity index (χ0v) is 12.0. The van der Waals surface area contributed by atoms with Crippen molar-refractivity contribution in [1.82, 2.24) is 15.2 Å². The Morgan fingerprint density at radius 2 is 2.45 bits per heavy atom. The number of urea groups is 1. The van der Waals surface area contributed by atoms with Crippen molar-refractivity contribution in [1.29, 1.82) is 0 Å². The van der Waals surface area contributed by atoms with Crippen LogP contribution >= 0.6 is 11.3 Å². The molecule has 0 aliphatic carbocycles. The molecule has 8 heteroatoms. The molecule has 1 atom stereocenters. The molecule has 2 heterocycles. The number of nitrogens with one attached hydrogen (secondary N) is 1. The highest BCUT2D eigenvalue weighted by Crippen LogP contribution is 2.11. The monoisotopic (exact) mass is 299 g/mol. The van der Waals surface area contributed by atoms with Gasteiger partial charge in [-0.15, -0.1) is 11.3 Å². The van der Waals surface area contributed by atoms with Gasteiger partial charge in [-0.2, -0.15) is 0 Å². The lowest BCUT2D eigenvalue weighted by atomic mass is 10.2. The van der Waals surface area contributed by atoms with Crippen molar-refractivity contribution in [2.75, 3.05) is 19.7 Å². The predicted octanol–water partition coefficient (Wildman–Crippen LogP) is 1.16. The number of carboxylic acid groups (broad SMARTS) is 1. The summed E-state index contributed by atoms with van der Waals surface area (Å²) >= 11 is 1.22. The van der Waals surface area contributed by atoms with Crippen LogP contribution in [0, 0.1) is 0 Å². The first-order valence-electron chi connectivity index (χ1n) is 6.42. The minimum absolute atomic E-state index is 0.0108. The number of amides is 2. The number of carboxylic acids is 1. The van der Waals surface area contributed by atoms with E-state index in [4.69, 9.17) is 9.84 Å². The van der Waals surface area contributed by atoms with E-state index in [1.165, 1.54) is 16.7 Å². The molecule has 1 saturated heterocycles. The Kier molecular flexibility index (Phi) is 4.91. The van der Waals surface area contributed by atoms with Gasteiger partial charge in [-0.3, -0.25) is 0 Å².